The lowest BCUT2D eigenvalue weighted by Gasteiger charge is -2.06. The molecule has 0 aromatic heterocycles. The molecule has 0 aliphatic rings. The first kappa shape index (κ1) is 27.0. The molecule has 0 N–H and O–H groups in total. The number of benzene rings is 1. The van der Waals surface area contributed by atoms with Gasteiger partial charge in [-0.15, -0.1) is 0 Å². The molecule has 0 heterocycles. The smallest absolute Gasteiger partial charge is 0.166 e. The van der Waals surface area contributed by atoms with Crippen molar-refractivity contribution in [2.75, 3.05) is 0 Å². The summed E-state index contributed by atoms with van der Waals surface area (Å²) in [6.07, 6.45) is 2.47. The van der Waals surface area contributed by atoms with Gasteiger partial charge in [0.25, 0.3) is 0 Å². The van der Waals surface area contributed by atoms with Crippen molar-refractivity contribution in [3.63, 3.8) is 0 Å². The summed E-state index contributed by atoms with van der Waals surface area (Å²) < 4.78 is 13.4. The van der Waals surface area contributed by atoms with Gasteiger partial charge >= 0.3 is 0 Å². The predicted octanol–water partition coefficient (Wildman–Crippen LogP) is 5.76. The lowest BCUT2D eigenvalue weighted by molar-refractivity contribution is -0.126. The SMILES string of the molecule is CC(=O)C(=Cc1ccc(F)c(Br)c1)C(=O)CC(C)C.CC(=O)CC(=O)CC(C)C. The highest BCUT2D eigenvalue weighted by Gasteiger charge is 2.16. The van der Waals surface area contributed by atoms with Crippen LogP contribution in [0.25, 0.3) is 6.08 Å². The highest BCUT2D eigenvalue weighted by atomic mass is 79.9. The molecular formula is C23H30BrFO4. The second kappa shape index (κ2) is 13.3. The molecule has 0 aliphatic heterocycles. The predicted molar refractivity (Wildman–Crippen MR) is 117 cm³/mol. The minimum Gasteiger partial charge on any atom is -0.300 e. The third kappa shape index (κ3) is 12.3. The summed E-state index contributed by atoms with van der Waals surface area (Å²) in [6, 6.07) is 4.37. The fraction of sp³-hybridized carbons (Fsp3) is 0.478. The van der Waals surface area contributed by atoms with Gasteiger partial charge in [-0.25, -0.2) is 4.39 Å². The summed E-state index contributed by atoms with van der Waals surface area (Å²) >= 11 is 3.08. The van der Waals surface area contributed by atoms with Crippen LogP contribution in [-0.2, 0) is 19.2 Å². The monoisotopic (exact) mass is 468 g/mol. The van der Waals surface area contributed by atoms with Crippen molar-refractivity contribution >= 4 is 45.1 Å². The Kier molecular flexibility index (Phi) is 12.4. The Morgan fingerprint density at radius 2 is 1.55 bits per heavy atom. The van der Waals surface area contributed by atoms with Gasteiger partial charge in [0.2, 0.25) is 0 Å². The molecule has 1 aromatic rings. The molecule has 29 heavy (non-hydrogen) atoms. The van der Waals surface area contributed by atoms with E-state index in [4.69, 9.17) is 0 Å². The van der Waals surface area contributed by atoms with Gasteiger partial charge in [0.05, 0.1) is 16.5 Å². The summed E-state index contributed by atoms with van der Waals surface area (Å²) in [5, 5.41) is 0. The number of ketones is 4. The number of hydrogen-bond donors (Lipinski definition) is 0. The third-order valence-corrected chi connectivity index (χ3v) is 4.22. The number of carbonyl (C=O) groups excluding carboxylic acids is 4. The number of rotatable bonds is 9. The van der Waals surface area contributed by atoms with Crippen LogP contribution >= 0.6 is 15.9 Å². The van der Waals surface area contributed by atoms with E-state index < -0.39 is 0 Å². The minimum atomic E-state index is -0.380. The first-order valence-corrected chi connectivity index (χ1v) is 10.3. The Morgan fingerprint density at radius 3 is 1.97 bits per heavy atom. The molecule has 0 unspecified atom stereocenters. The first-order valence-electron chi connectivity index (χ1n) is 9.55. The maximum Gasteiger partial charge on any atom is 0.166 e. The highest BCUT2D eigenvalue weighted by Crippen LogP contribution is 2.20. The fourth-order valence-electron chi connectivity index (χ4n) is 2.43. The van der Waals surface area contributed by atoms with E-state index in [1.165, 1.54) is 32.1 Å². The summed E-state index contributed by atoms with van der Waals surface area (Å²) in [4.78, 5) is 44.8. The molecule has 160 valence electrons. The molecule has 0 radical (unpaired) electrons. The molecule has 0 fully saturated rings. The average molecular weight is 469 g/mol. The second-order valence-electron chi connectivity index (χ2n) is 7.82. The van der Waals surface area contributed by atoms with E-state index >= 15 is 0 Å². The lowest BCUT2D eigenvalue weighted by Crippen LogP contribution is -2.12. The number of Topliss-reactive ketones (excluding diaryl/α,β-unsaturated/α-hetero) is 4. The summed E-state index contributed by atoms with van der Waals surface area (Å²) in [5.74, 6) is -0.251. The highest BCUT2D eigenvalue weighted by molar-refractivity contribution is 9.10. The largest absolute Gasteiger partial charge is 0.300 e. The zero-order valence-corrected chi connectivity index (χ0v) is 19.6. The van der Waals surface area contributed by atoms with Gasteiger partial charge in [-0.2, -0.15) is 0 Å². The molecule has 0 saturated carbocycles. The van der Waals surface area contributed by atoms with Crippen LogP contribution in [0.2, 0.25) is 0 Å². The van der Waals surface area contributed by atoms with Crippen molar-refractivity contribution in [2.45, 2.75) is 60.8 Å². The Labute approximate surface area is 181 Å². The maximum absolute atomic E-state index is 13.1. The molecule has 0 saturated heterocycles. The molecule has 0 atom stereocenters. The Balaban J connectivity index is 0.000000665. The van der Waals surface area contributed by atoms with E-state index in [1.54, 1.807) is 6.07 Å². The zero-order valence-electron chi connectivity index (χ0n) is 18.0. The van der Waals surface area contributed by atoms with Gasteiger partial charge in [0.1, 0.15) is 17.4 Å². The molecule has 6 heteroatoms. The molecular weight excluding hydrogens is 439 g/mol. The van der Waals surface area contributed by atoms with Gasteiger partial charge in [-0.3, -0.25) is 19.2 Å². The van der Waals surface area contributed by atoms with Gasteiger partial charge in [0, 0.05) is 12.8 Å². The maximum atomic E-state index is 13.1. The first-order chi connectivity index (χ1) is 13.3. The Hall–Kier alpha value is -1.95. The van der Waals surface area contributed by atoms with Crippen molar-refractivity contribution in [1.82, 2.24) is 0 Å². The van der Waals surface area contributed by atoms with E-state index in [-0.39, 0.29) is 46.9 Å². The quantitative estimate of drug-likeness (QED) is 0.262. The van der Waals surface area contributed by atoms with E-state index in [1.807, 2.05) is 27.7 Å². The third-order valence-electron chi connectivity index (χ3n) is 3.61. The molecule has 0 spiro atoms. The van der Waals surface area contributed by atoms with Crippen LogP contribution < -0.4 is 0 Å². The minimum absolute atomic E-state index is 0.0364. The van der Waals surface area contributed by atoms with Crippen molar-refractivity contribution in [1.29, 1.82) is 0 Å². The average Bonchev–Trinajstić information content (AvgIpc) is 2.53. The fourth-order valence-corrected chi connectivity index (χ4v) is 2.83. The van der Waals surface area contributed by atoms with Gasteiger partial charge in [-0.05, 0) is 65.4 Å². The van der Waals surface area contributed by atoms with Gasteiger partial charge in [0.15, 0.2) is 11.6 Å². The normalized spacial score (nSPS) is 11.2. The number of allylic oxidation sites excluding steroid dienone is 1. The van der Waals surface area contributed by atoms with E-state index in [9.17, 15) is 23.6 Å². The Bertz CT molecular complexity index is 779. The lowest BCUT2D eigenvalue weighted by atomic mass is 9.97. The van der Waals surface area contributed by atoms with Gasteiger partial charge < -0.3 is 0 Å². The van der Waals surface area contributed by atoms with E-state index in [0.717, 1.165) is 0 Å². The van der Waals surface area contributed by atoms with Crippen LogP contribution in [0.5, 0.6) is 0 Å². The van der Waals surface area contributed by atoms with Crippen molar-refractivity contribution in [3.05, 3.63) is 39.6 Å². The summed E-state index contributed by atoms with van der Waals surface area (Å²) in [5.41, 5.74) is 0.780. The molecule has 1 aromatic carbocycles. The van der Waals surface area contributed by atoms with Crippen LogP contribution in [0.1, 0.15) is 66.4 Å². The van der Waals surface area contributed by atoms with Crippen molar-refractivity contribution in [3.8, 4) is 0 Å². The van der Waals surface area contributed by atoms with Crippen LogP contribution in [0, 0.1) is 17.7 Å². The summed E-state index contributed by atoms with van der Waals surface area (Å²) in [7, 11) is 0. The van der Waals surface area contributed by atoms with E-state index in [0.29, 0.717) is 28.8 Å². The van der Waals surface area contributed by atoms with Gasteiger partial charge in [-0.1, -0.05) is 33.8 Å². The molecule has 1 rings (SSSR count). The standard InChI is InChI=1S/C15H16BrFO2.C8H14O2/c1-9(2)6-15(19)12(10(3)18)7-11-4-5-14(17)13(16)8-11;1-6(2)4-8(10)5-7(3)9/h4-5,7-9H,6H2,1-3H3;6H,4-5H2,1-3H3. The van der Waals surface area contributed by atoms with E-state index in [2.05, 4.69) is 15.9 Å². The van der Waals surface area contributed by atoms with Crippen LogP contribution in [0.15, 0.2) is 28.2 Å². The Morgan fingerprint density at radius 1 is 1.00 bits per heavy atom. The zero-order chi connectivity index (χ0) is 22.7. The number of halogens is 2. The summed E-state index contributed by atoms with van der Waals surface area (Å²) in [6.45, 7) is 10.6. The number of carbonyl (C=O) groups is 4. The molecule has 4 nitrogen and oxygen atoms in total. The molecule has 0 aliphatic carbocycles. The number of hydrogen-bond acceptors (Lipinski definition) is 4. The van der Waals surface area contributed by atoms with Crippen LogP contribution in [0.3, 0.4) is 0 Å². The van der Waals surface area contributed by atoms with Crippen LogP contribution in [-0.4, -0.2) is 23.1 Å². The second-order valence-corrected chi connectivity index (χ2v) is 8.68. The van der Waals surface area contributed by atoms with Crippen molar-refractivity contribution < 1.29 is 23.6 Å². The van der Waals surface area contributed by atoms with Crippen LogP contribution in [0.4, 0.5) is 4.39 Å². The van der Waals surface area contributed by atoms with Crippen molar-refractivity contribution in [2.24, 2.45) is 11.8 Å². The molecule has 0 amide bonds. The topological polar surface area (TPSA) is 68.3 Å². The molecule has 0 bridgehead atoms.